The number of ether oxygens (including phenoxy) is 6. The van der Waals surface area contributed by atoms with Crippen molar-refractivity contribution in [2.45, 2.75) is 101 Å². The number of rotatable bonds is 20. The molecule has 0 amide bonds. The Morgan fingerprint density at radius 2 is 1.10 bits per heavy atom. The van der Waals surface area contributed by atoms with Gasteiger partial charge < -0.3 is 33.5 Å². The Morgan fingerprint density at radius 1 is 0.647 bits per heavy atom. The number of carbonyl (C=O) groups excluding carboxylic acids is 5. The molecule has 0 saturated carbocycles. The summed E-state index contributed by atoms with van der Waals surface area (Å²) in [6, 6.07) is 6.35. The van der Waals surface area contributed by atoms with Gasteiger partial charge in [0.2, 0.25) is 0 Å². The Bertz CT molecular complexity index is 1230. The quantitative estimate of drug-likeness (QED) is 0.0492. The van der Waals surface area contributed by atoms with Gasteiger partial charge in [-0.1, -0.05) is 26.8 Å². The van der Waals surface area contributed by atoms with Gasteiger partial charge in [0.25, 0.3) is 0 Å². The Labute approximate surface area is 303 Å². The van der Waals surface area contributed by atoms with Crippen LogP contribution in [0.2, 0.25) is 0 Å². The zero-order valence-electron chi connectivity index (χ0n) is 32.2. The van der Waals surface area contributed by atoms with E-state index in [4.69, 9.17) is 33.5 Å². The third-order valence-electron chi connectivity index (χ3n) is 7.70. The van der Waals surface area contributed by atoms with Gasteiger partial charge in [-0.25, -0.2) is 4.79 Å². The number of hydrogen-bond acceptors (Lipinski definition) is 12. The first-order chi connectivity index (χ1) is 23.7. The fourth-order valence-corrected chi connectivity index (χ4v) is 2.87. The highest BCUT2D eigenvalue weighted by Crippen LogP contribution is 2.24. The number of carboxylic acid groups (broad SMARTS) is 1. The topological polar surface area (TPSA) is 178 Å². The van der Waals surface area contributed by atoms with Gasteiger partial charge in [-0.2, -0.15) is 0 Å². The Hall–Kier alpha value is -4.26. The van der Waals surface area contributed by atoms with Crippen LogP contribution in [0.1, 0.15) is 112 Å². The number of benzene rings is 1. The number of aliphatic carboxylic acids is 1. The standard InChI is InChI=1S/C15H20O4.C12H20O6.C11H20O3/c1-5-15(3,4)14(17)19-12-9-7-11(8-10-12)13(16)18-6-2;1-4-12(2,3)11(16)18-8-7-17-10(15)6-5-9(13)14;1-5-7-13-8-9-14-10(12)11(3,4)6-2/h7-10H,5-6H2,1-4H3;4-8H2,1-3H3,(H,13,14);5H,1,6-9H2,2-4H3. The van der Waals surface area contributed by atoms with Crippen molar-refractivity contribution >= 4 is 35.8 Å². The van der Waals surface area contributed by atoms with Gasteiger partial charge in [0.1, 0.15) is 25.6 Å². The van der Waals surface area contributed by atoms with Gasteiger partial charge in [0.15, 0.2) is 0 Å². The summed E-state index contributed by atoms with van der Waals surface area (Å²) in [4.78, 5) is 67.5. The lowest BCUT2D eigenvalue weighted by Gasteiger charge is -2.20. The van der Waals surface area contributed by atoms with E-state index in [9.17, 15) is 28.8 Å². The molecule has 0 aliphatic heterocycles. The average Bonchev–Trinajstić information content (AvgIpc) is 3.09. The van der Waals surface area contributed by atoms with Crippen LogP contribution >= 0.6 is 0 Å². The molecule has 1 rings (SSSR count). The molecule has 0 atom stereocenters. The molecule has 13 heteroatoms. The van der Waals surface area contributed by atoms with E-state index in [0.717, 1.165) is 6.42 Å². The zero-order chi connectivity index (χ0) is 39.7. The van der Waals surface area contributed by atoms with E-state index in [0.29, 0.717) is 50.6 Å². The molecule has 1 aromatic carbocycles. The minimum atomic E-state index is -1.05. The van der Waals surface area contributed by atoms with Crippen molar-refractivity contribution in [2.75, 3.05) is 39.6 Å². The maximum absolute atomic E-state index is 11.9. The highest BCUT2D eigenvalue weighted by molar-refractivity contribution is 5.89. The molecule has 0 saturated heterocycles. The summed E-state index contributed by atoms with van der Waals surface area (Å²) in [7, 11) is 0. The molecule has 51 heavy (non-hydrogen) atoms. The van der Waals surface area contributed by atoms with Crippen molar-refractivity contribution in [3.63, 3.8) is 0 Å². The highest BCUT2D eigenvalue weighted by Gasteiger charge is 2.28. The summed E-state index contributed by atoms with van der Waals surface area (Å²) in [6.07, 6.45) is 3.36. The summed E-state index contributed by atoms with van der Waals surface area (Å²) in [5.74, 6) is -2.40. The second-order valence-electron chi connectivity index (χ2n) is 13.1. The molecule has 13 nitrogen and oxygen atoms in total. The van der Waals surface area contributed by atoms with Gasteiger partial charge in [0, 0.05) is 0 Å². The molecule has 1 aromatic rings. The molecule has 0 radical (unpaired) electrons. The van der Waals surface area contributed by atoms with Crippen LogP contribution in [-0.4, -0.2) is 80.6 Å². The molecule has 0 heterocycles. The largest absolute Gasteiger partial charge is 0.481 e. The van der Waals surface area contributed by atoms with E-state index in [2.05, 4.69) is 6.58 Å². The monoisotopic (exact) mass is 724 g/mol. The molecule has 0 bridgehead atoms. The number of carboxylic acids is 1. The number of carbonyl (C=O) groups is 6. The van der Waals surface area contributed by atoms with Gasteiger partial charge in [-0.15, -0.1) is 6.58 Å². The van der Waals surface area contributed by atoms with Crippen LogP contribution in [-0.2, 0) is 47.7 Å². The molecule has 0 spiro atoms. The summed E-state index contributed by atoms with van der Waals surface area (Å²) in [5, 5.41) is 8.35. The van der Waals surface area contributed by atoms with E-state index < -0.39 is 28.2 Å². The zero-order valence-corrected chi connectivity index (χ0v) is 32.2. The SMILES string of the molecule is C=CCOCCOC(=O)C(C)(C)CC.CCC(C)(C)C(=O)OCCOC(=O)CCC(=O)O.CCOC(=O)c1ccc(OC(=O)C(C)(C)CC)cc1. The van der Waals surface area contributed by atoms with Gasteiger partial charge >= 0.3 is 35.8 Å². The Kier molecular flexibility index (Phi) is 24.6. The van der Waals surface area contributed by atoms with E-state index in [1.165, 1.54) is 0 Å². The first-order valence-electron chi connectivity index (χ1n) is 17.1. The molecule has 0 unspecified atom stereocenters. The van der Waals surface area contributed by atoms with Crippen molar-refractivity contribution in [1.29, 1.82) is 0 Å². The van der Waals surface area contributed by atoms with Crippen LogP contribution in [0, 0.1) is 16.2 Å². The van der Waals surface area contributed by atoms with Crippen molar-refractivity contribution < 1.29 is 62.3 Å². The molecule has 0 aromatic heterocycles. The highest BCUT2D eigenvalue weighted by atomic mass is 16.6. The maximum atomic E-state index is 11.9. The lowest BCUT2D eigenvalue weighted by Crippen LogP contribution is -2.28. The molecule has 0 aliphatic carbocycles. The minimum absolute atomic E-state index is 0.0128. The van der Waals surface area contributed by atoms with Crippen molar-refractivity contribution in [1.82, 2.24) is 0 Å². The molecular formula is C38H60O13. The second-order valence-corrected chi connectivity index (χ2v) is 13.1. The molecule has 0 fully saturated rings. The van der Waals surface area contributed by atoms with Crippen LogP contribution in [0.15, 0.2) is 36.9 Å². The fraction of sp³-hybridized carbons (Fsp3) is 0.632. The van der Waals surface area contributed by atoms with Crippen LogP contribution in [0.4, 0.5) is 0 Å². The van der Waals surface area contributed by atoms with Crippen LogP contribution in [0.25, 0.3) is 0 Å². The molecule has 1 N–H and O–H groups in total. The summed E-state index contributed by atoms with van der Waals surface area (Å²) in [6.45, 7) is 23.5. The normalized spacial score (nSPS) is 10.9. The third-order valence-corrected chi connectivity index (χ3v) is 7.70. The Balaban J connectivity index is 0. The van der Waals surface area contributed by atoms with E-state index in [-0.39, 0.29) is 49.9 Å². The van der Waals surface area contributed by atoms with Crippen molar-refractivity contribution in [2.24, 2.45) is 16.2 Å². The predicted molar refractivity (Wildman–Crippen MR) is 191 cm³/mol. The Morgan fingerprint density at radius 3 is 1.53 bits per heavy atom. The van der Waals surface area contributed by atoms with E-state index >= 15 is 0 Å². The fourth-order valence-electron chi connectivity index (χ4n) is 2.87. The molecule has 290 valence electrons. The summed E-state index contributed by atoms with van der Waals surface area (Å²) >= 11 is 0. The molecular weight excluding hydrogens is 664 g/mol. The first kappa shape index (κ1) is 48.9. The number of esters is 5. The second kappa shape index (κ2) is 25.7. The molecule has 0 aliphatic rings. The lowest BCUT2D eigenvalue weighted by molar-refractivity contribution is -0.159. The van der Waals surface area contributed by atoms with E-state index in [1.54, 1.807) is 51.1 Å². The number of hydrogen-bond donors (Lipinski definition) is 1. The summed E-state index contributed by atoms with van der Waals surface area (Å²) < 4.78 is 29.9. The van der Waals surface area contributed by atoms with Gasteiger partial charge in [-0.05, 0) is 92.0 Å². The van der Waals surface area contributed by atoms with Crippen LogP contribution in [0.5, 0.6) is 5.75 Å². The minimum Gasteiger partial charge on any atom is -0.481 e. The third kappa shape index (κ3) is 22.2. The van der Waals surface area contributed by atoms with Gasteiger partial charge in [0.05, 0.1) is 54.5 Å². The predicted octanol–water partition coefficient (Wildman–Crippen LogP) is 6.75. The van der Waals surface area contributed by atoms with Crippen LogP contribution in [0.3, 0.4) is 0 Å². The lowest BCUT2D eigenvalue weighted by atomic mass is 9.91. The van der Waals surface area contributed by atoms with Crippen molar-refractivity contribution in [3.8, 4) is 5.75 Å². The smallest absolute Gasteiger partial charge is 0.338 e. The van der Waals surface area contributed by atoms with Gasteiger partial charge in [-0.3, -0.25) is 24.0 Å². The maximum Gasteiger partial charge on any atom is 0.338 e. The van der Waals surface area contributed by atoms with E-state index in [1.807, 2.05) is 48.5 Å². The average molecular weight is 725 g/mol. The summed E-state index contributed by atoms with van der Waals surface area (Å²) in [5.41, 5.74) is -1.01. The van der Waals surface area contributed by atoms with Crippen LogP contribution < -0.4 is 4.74 Å². The van der Waals surface area contributed by atoms with Crippen molar-refractivity contribution in [3.05, 3.63) is 42.5 Å². The first-order valence-corrected chi connectivity index (χ1v) is 17.1.